The van der Waals surface area contributed by atoms with Crippen LogP contribution in [0.25, 0.3) is 0 Å². The zero-order valence-corrected chi connectivity index (χ0v) is 10.6. The Labute approximate surface area is 105 Å². The number of aliphatic carboxylic acids is 1. The summed E-state index contributed by atoms with van der Waals surface area (Å²) in [5, 5.41) is 11.8. The summed E-state index contributed by atoms with van der Waals surface area (Å²) in [6, 6.07) is 0. The van der Waals surface area contributed by atoms with Gasteiger partial charge in [-0.05, 0) is 26.3 Å². The van der Waals surface area contributed by atoms with E-state index in [1.807, 2.05) is 6.92 Å². The molecule has 0 bridgehead atoms. The van der Waals surface area contributed by atoms with Crippen molar-refractivity contribution in [2.45, 2.75) is 44.8 Å². The zero-order valence-electron chi connectivity index (χ0n) is 10.6. The molecule has 0 heterocycles. The minimum Gasteiger partial charge on any atom is -0.480 e. The quantitative estimate of drug-likeness (QED) is 0.631. The minimum absolute atomic E-state index is 0.101. The number of carboxylic acids is 1. The highest BCUT2D eigenvalue weighted by Gasteiger charge is 2.32. The van der Waals surface area contributed by atoms with Gasteiger partial charge in [-0.1, -0.05) is 6.92 Å². The predicted octanol–water partition coefficient (Wildman–Crippen LogP) is 2.19. The molecule has 0 aromatic carbocycles. The van der Waals surface area contributed by atoms with Gasteiger partial charge in [-0.15, -0.1) is 0 Å². The first-order valence-corrected chi connectivity index (χ1v) is 5.84. The zero-order chi connectivity index (χ0) is 14.2. The molecule has 0 saturated heterocycles. The first kappa shape index (κ1) is 17.2. The third kappa shape index (κ3) is 7.50. The van der Waals surface area contributed by atoms with Gasteiger partial charge in [0.2, 0.25) is 0 Å². The van der Waals surface area contributed by atoms with Crippen molar-refractivity contribution >= 4 is 5.97 Å². The molecule has 0 aliphatic rings. The largest absolute Gasteiger partial charge is 0.480 e. The van der Waals surface area contributed by atoms with Crippen LogP contribution in [0, 0.1) is 0 Å². The van der Waals surface area contributed by atoms with Crippen LogP contribution in [-0.2, 0) is 9.53 Å². The summed E-state index contributed by atoms with van der Waals surface area (Å²) in [6.45, 7) is 3.60. The summed E-state index contributed by atoms with van der Waals surface area (Å²) in [4.78, 5) is 11.0. The lowest BCUT2D eigenvalue weighted by molar-refractivity contribution is -0.148. The molecule has 1 unspecified atom stereocenters. The molecule has 0 saturated carbocycles. The van der Waals surface area contributed by atoms with E-state index in [9.17, 15) is 18.0 Å². The van der Waals surface area contributed by atoms with Crippen molar-refractivity contribution in [1.82, 2.24) is 5.32 Å². The summed E-state index contributed by atoms with van der Waals surface area (Å²) in [5.74, 6) is -1.08. The number of rotatable bonds is 9. The highest BCUT2D eigenvalue weighted by Crippen LogP contribution is 2.21. The fraction of sp³-hybridized carbons (Fsp3) is 0.909. The molecule has 0 spiro atoms. The fourth-order valence-electron chi connectivity index (χ4n) is 1.24. The van der Waals surface area contributed by atoms with Gasteiger partial charge in [-0.2, -0.15) is 13.2 Å². The Hall–Kier alpha value is -0.820. The van der Waals surface area contributed by atoms with Crippen molar-refractivity contribution in [2.24, 2.45) is 0 Å². The molecule has 0 rings (SSSR count). The normalized spacial score (nSPS) is 15.4. The van der Waals surface area contributed by atoms with E-state index >= 15 is 0 Å². The number of carboxylic acid groups (broad SMARTS) is 1. The molecule has 0 aromatic heterocycles. The van der Waals surface area contributed by atoms with Crippen LogP contribution in [0.1, 0.15) is 33.1 Å². The molecular formula is C11H20F3NO3. The third-order valence-electron chi connectivity index (χ3n) is 2.38. The van der Waals surface area contributed by atoms with Crippen LogP contribution < -0.4 is 5.32 Å². The molecule has 0 amide bonds. The van der Waals surface area contributed by atoms with Gasteiger partial charge in [0.05, 0.1) is 6.61 Å². The topological polar surface area (TPSA) is 58.6 Å². The van der Waals surface area contributed by atoms with Gasteiger partial charge < -0.3 is 15.2 Å². The number of carbonyl (C=O) groups is 1. The van der Waals surface area contributed by atoms with Crippen LogP contribution in [0.15, 0.2) is 0 Å². The van der Waals surface area contributed by atoms with Gasteiger partial charge in [0.1, 0.15) is 5.54 Å². The second-order valence-electron chi connectivity index (χ2n) is 4.34. The summed E-state index contributed by atoms with van der Waals surface area (Å²) >= 11 is 0. The molecule has 0 aromatic rings. The number of hydrogen-bond donors (Lipinski definition) is 2. The number of halogens is 3. The van der Waals surface area contributed by atoms with E-state index in [1.54, 1.807) is 0 Å². The van der Waals surface area contributed by atoms with Gasteiger partial charge >= 0.3 is 12.1 Å². The van der Waals surface area contributed by atoms with Gasteiger partial charge in [-0.25, -0.2) is 0 Å². The van der Waals surface area contributed by atoms with Crippen molar-refractivity contribution in [1.29, 1.82) is 0 Å². The van der Waals surface area contributed by atoms with E-state index in [4.69, 9.17) is 9.84 Å². The number of ether oxygens (including phenoxy) is 1. The smallest absolute Gasteiger partial charge is 0.389 e. The van der Waals surface area contributed by atoms with Crippen LogP contribution in [-0.4, -0.2) is 42.5 Å². The van der Waals surface area contributed by atoms with Crippen LogP contribution in [0.2, 0.25) is 0 Å². The molecule has 2 N–H and O–H groups in total. The maximum Gasteiger partial charge on any atom is 0.389 e. The Morgan fingerprint density at radius 1 is 1.39 bits per heavy atom. The van der Waals surface area contributed by atoms with E-state index < -0.39 is 24.1 Å². The molecular weight excluding hydrogens is 251 g/mol. The SMILES string of the molecule is CCCNC(C)(COCCCC(F)(F)F)C(=O)O. The molecule has 0 radical (unpaired) electrons. The van der Waals surface area contributed by atoms with Gasteiger partial charge in [0.15, 0.2) is 0 Å². The Kier molecular flexibility index (Phi) is 7.23. The highest BCUT2D eigenvalue weighted by atomic mass is 19.4. The Bertz CT molecular complexity index is 258. The first-order valence-electron chi connectivity index (χ1n) is 5.84. The molecule has 0 aliphatic carbocycles. The van der Waals surface area contributed by atoms with Crippen molar-refractivity contribution in [3.05, 3.63) is 0 Å². The Balaban J connectivity index is 3.95. The average Bonchev–Trinajstić information content (AvgIpc) is 2.24. The molecule has 1 atom stereocenters. The van der Waals surface area contributed by atoms with Crippen molar-refractivity contribution in [2.75, 3.05) is 19.8 Å². The number of nitrogens with one attached hydrogen (secondary N) is 1. The maximum absolute atomic E-state index is 11.8. The molecule has 108 valence electrons. The molecule has 0 aliphatic heterocycles. The van der Waals surface area contributed by atoms with Crippen LogP contribution in [0.5, 0.6) is 0 Å². The maximum atomic E-state index is 11.8. The van der Waals surface area contributed by atoms with Crippen molar-refractivity contribution in [3.63, 3.8) is 0 Å². The molecule has 4 nitrogen and oxygen atoms in total. The van der Waals surface area contributed by atoms with Crippen LogP contribution >= 0.6 is 0 Å². The monoisotopic (exact) mass is 271 g/mol. The van der Waals surface area contributed by atoms with Crippen molar-refractivity contribution < 1.29 is 27.8 Å². The van der Waals surface area contributed by atoms with E-state index in [-0.39, 0.29) is 19.6 Å². The second kappa shape index (κ2) is 7.58. The summed E-state index contributed by atoms with van der Waals surface area (Å²) < 4.78 is 40.6. The standard InChI is InChI=1S/C11H20F3NO3/c1-3-6-15-10(2,9(16)17)8-18-7-4-5-11(12,13)14/h15H,3-8H2,1-2H3,(H,16,17). The van der Waals surface area contributed by atoms with Crippen molar-refractivity contribution in [3.8, 4) is 0 Å². The molecule has 18 heavy (non-hydrogen) atoms. The summed E-state index contributed by atoms with van der Waals surface area (Å²) in [7, 11) is 0. The van der Waals surface area contributed by atoms with E-state index in [0.29, 0.717) is 6.54 Å². The lowest BCUT2D eigenvalue weighted by Crippen LogP contribution is -2.53. The lowest BCUT2D eigenvalue weighted by Gasteiger charge is -2.26. The van der Waals surface area contributed by atoms with Gasteiger partial charge in [0, 0.05) is 13.0 Å². The number of alkyl halides is 3. The first-order chi connectivity index (χ1) is 8.21. The second-order valence-corrected chi connectivity index (χ2v) is 4.34. The molecule has 0 fully saturated rings. The van der Waals surface area contributed by atoms with Gasteiger partial charge in [-0.3, -0.25) is 4.79 Å². The number of hydrogen-bond acceptors (Lipinski definition) is 3. The van der Waals surface area contributed by atoms with Gasteiger partial charge in [0.25, 0.3) is 0 Å². The fourth-order valence-corrected chi connectivity index (χ4v) is 1.24. The third-order valence-corrected chi connectivity index (χ3v) is 2.38. The minimum atomic E-state index is -4.19. The predicted molar refractivity (Wildman–Crippen MR) is 60.4 cm³/mol. The average molecular weight is 271 g/mol. The van der Waals surface area contributed by atoms with E-state index in [2.05, 4.69) is 5.32 Å². The van der Waals surface area contributed by atoms with E-state index in [0.717, 1.165) is 6.42 Å². The Morgan fingerprint density at radius 2 is 2.00 bits per heavy atom. The lowest BCUT2D eigenvalue weighted by atomic mass is 10.0. The van der Waals surface area contributed by atoms with E-state index in [1.165, 1.54) is 6.92 Å². The summed E-state index contributed by atoms with van der Waals surface area (Å²) in [5.41, 5.74) is -1.26. The summed E-state index contributed by atoms with van der Waals surface area (Å²) in [6.07, 6.45) is -4.51. The van der Waals surface area contributed by atoms with Crippen LogP contribution in [0.4, 0.5) is 13.2 Å². The highest BCUT2D eigenvalue weighted by molar-refractivity contribution is 5.78. The van der Waals surface area contributed by atoms with Crippen LogP contribution in [0.3, 0.4) is 0 Å². The molecule has 7 heteroatoms. The Morgan fingerprint density at radius 3 is 2.44 bits per heavy atom.